The maximum atomic E-state index is 9.58. The molecule has 0 aromatic carbocycles. The summed E-state index contributed by atoms with van der Waals surface area (Å²) in [6.07, 6.45) is 5.57. The van der Waals surface area contributed by atoms with Gasteiger partial charge in [-0.25, -0.2) is 9.97 Å². The molecule has 0 radical (unpaired) electrons. The third kappa shape index (κ3) is 4.30. The SMILES string of the molecule is CCNc1ncnc(NCC2CCC(O)CC2)c1C(C)C. The molecule has 1 fully saturated rings. The van der Waals surface area contributed by atoms with Crippen molar-refractivity contribution in [3.8, 4) is 0 Å². The van der Waals surface area contributed by atoms with Crippen molar-refractivity contribution in [3.05, 3.63) is 11.9 Å². The summed E-state index contributed by atoms with van der Waals surface area (Å²) < 4.78 is 0. The molecule has 1 aromatic rings. The minimum Gasteiger partial charge on any atom is -0.393 e. The highest BCUT2D eigenvalue weighted by atomic mass is 16.3. The lowest BCUT2D eigenvalue weighted by Crippen LogP contribution is -2.24. The van der Waals surface area contributed by atoms with Crippen molar-refractivity contribution in [1.29, 1.82) is 0 Å². The number of nitrogens with one attached hydrogen (secondary N) is 2. The summed E-state index contributed by atoms with van der Waals surface area (Å²) in [6.45, 7) is 8.20. The molecule has 0 atom stereocenters. The van der Waals surface area contributed by atoms with Gasteiger partial charge in [-0.1, -0.05) is 13.8 Å². The molecule has 1 aromatic heterocycles. The number of rotatable bonds is 6. The average Bonchev–Trinajstić information content (AvgIpc) is 2.47. The molecular weight excluding hydrogens is 264 g/mol. The monoisotopic (exact) mass is 292 g/mol. The van der Waals surface area contributed by atoms with Crippen LogP contribution in [-0.4, -0.2) is 34.3 Å². The van der Waals surface area contributed by atoms with Crippen LogP contribution < -0.4 is 10.6 Å². The van der Waals surface area contributed by atoms with Crippen LogP contribution in [0.5, 0.6) is 0 Å². The second-order valence-electron chi connectivity index (χ2n) is 6.23. The van der Waals surface area contributed by atoms with Gasteiger partial charge in [0.25, 0.3) is 0 Å². The molecule has 21 heavy (non-hydrogen) atoms. The molecule has 2 rings (SSSR count). The standard InChI is InChI=1S/C16H28N4O/c1-4-17-15-14(11(2)3)16(20-10-19-15)18-9-12-5-7-13(21)8-6-12/h10-13,21H,4-9H2,1-3H3,(H2,17,18,19,20). The third-order valence-electron chi connectivity index (χ3n) is 4.18. The van der Waals surface area contributed by atoms with Gasteiger partial charge in [-0.3, -0.25) is 0 Å². The van der Waals surface area contributed by atoms with Crippen molar-refractivity contribution in [2.45, 2.75) is 58.5 Å². The summed E-state index contributed by atoms with van der Waals surface area (Å²) in [6, 6.07) is 0. The van der Waals surface area contributed by atoms with Crippen LogP contribution in [0, 0.1) is 5.92 Å². The summed E-state index contributed by atoms with van der Waals surface area (Å²) in [5, 5.41) is 16.4. The molecule has 118 valence electrons. The van der Waals surface area contributed by atoms with Crippen LogP contribution in [0.3, 0.4) is 0 Å². The Kier molecular flexibility index (Phi) is 5.79. The Bertz CT molecular complexity index is 442. The van der Waals surface area contributed by atoms with Gasteiger partial charge in [0.15, 0.2) is 0 Å². The molecular formula is C16H28N4O. The fraction of sp³-hybridized carbons (Fsp3) is 0.750. The maximum Gasteiger partial charge on any atom is 0.134 e. The molecule has 1 heterocycles. The summed E-state index contributed by atoms with van der Waals surface area (Å²) in [5.74, 6) is 2.88. The van der Waals surface area contributed by atoms with E-state index in [0.29, 0.717) is 11.8 Å². The Morgan fingerprint density at radius 2 is 1.76 bits per heavy atom. The summed E-state index contributed by atoms with van der Waals surface area (Å²) in [7, 11) is 0. The quantitative estimate of drug-likeness (QED) is 0.752. The zero-order valence-corrected chi connectivity index (χ0v) is 13.4. The highest BCUT2D eigenvalue weighted by Gasteiger charge is 2.20. The minimum atomic E-state index is -0.0908. The van der Waals surface area contributed by atoms with E-state index in [9.17, 15) is 5.11 Å². The van der Waals surface area contributed by atoms with Crippen LogP contribution >= 0.6 is 0 Å². The number of aromatic nitrogens is 2. The summed E-state index contributed by atoms with van der Waals surface area (Å²) in [5.41, 5.74) is 1.16. The molecule has 3 N–H and O–H groups in total. The maximum absolute atomic E-state index is 9.58. The van der Waals surface area contributed by atoms with Gasteiger partial charge in [0, 0.05) is 18.7 Å². The molecule has 0 spiro atoms. The summed E-state index contributed by atoms with van der Waals surface area (Å²) in [4.78, 5) is 8.79. The number of hydrogen-bond donors (Lipinski definition) is 3. The zero-order valence-electron chi connectivity index (χ0n) is 13.4. The van der Waals surface area contributed by atoms with E-state index in [2.05, 4.69) is 41.4 Å². The second kappa shape index (κ2) is 7.59. The van der Waals surface area contributed by atoms with E-state index < -0.39 is 0 Å². The van der Waals surface area contributed by atoms with Crippen molar-refractivity contribution in [2.24, 2.45) is 5.92 Å². The van der Waals surface area contributed by atoms with E-state index in [1.54, 1.807) is 6.33 Å². The van der Waals surface area contributed by atoms with Crippen LogP contribution in [0.2, 0.25) is 0 Å². The van der Waals surface area contributed by atoms with Gasteiger partial charge in [-0.05, 0) is 44.4 Å². The van der Waals surface area contributed by atoms with Crippen LogP contribution in [0.1, 0.15) is 57.9 Å². The fourth-order valence-corrected chi connectivity index (χ4v) is 2.98. The van der Waals surface area contributed by atoms with E-state index in [0.717, 1.165) is 56.0 Å². The molecule has 5 heteroatoms. The predicted octanol–water partition coefficient (Wildman–Crippen LogP) is 2.99. The first kappa shape index (κ1) is 16.0. The Morgan fingerprint density at radius 3 is 2.33 bits per heavy atom. The van der Waals surface area contributed by atoms with E-state index >= 15 is 0 Å². The highest BCUT2D eigenvalue weighted by molar-refractivity contribution is 5.58. The van der Waals surface area contributed by atoms with Crippen LogP contribution in [0.25, 0.3) is 0 Å². The van der Waals surface area contributed by atoms with Gasteiger partial charge in [0.2, 0.25) is 0 Å². The number of aliphatic hydroxyl groups is 1. The molecule has 0 unspecified atom stereocenters. The van der Waals surface area contributed by atoms with Gasteiger partial charge in [-0.2, -0.15) is 0 Å². The molecule has 1 aliphatic carbocycles. The van der Waals surface area contributed by atoms with Gasteiger partial charge in [-0.15, -0.1) is 0 Å². The Hall–Kier alpha value is -1.36. The van der Waals surface area contributed by atoms with Crippen LogP contribution in [0.15, 0.2) is 6.33 Å². The summed E-state index contributed by atoms with van der Waals surface area (Å²) >= 11 is 0. The molecule has 0 amide bonds. The zero-order chi connectivity index (χ0) is 15.2. The molecule has 0 aliphatic heterocycles. The van der Waals surface area contributed by atoms with E-state index in [4.69, 9.17) is 0 Å². The Balaban J connectivity index is 2.03. The number of nitrogens with zero attached hydrogens (tertiary/aromatic N) is 2. The topological polar surface area (TPSA) is 70.1 Å². The molecule has 1 saturated carbocycles. The minimum absolute atomic E-state index is 0.0908. The van der Waals surface area contributed by atoms with E-state index in [-0.39, 0.29) is 6.10 Å². The van der Waals surface area contributed by atoms with E-state index in [1.807, 2.05) is 0 Å². The van der Waals surface area contributed by atoms with E-state index in [1.165, 1.54) is 0 Å². The number of anilines is 2. The molecule has 0 bridgehead atoms. The number of hydrogen-bond acceptors (Lipinski definition) is 5. The second-order valence-corrected chi connectivity index (χ2v) is 6.23. The largest absolute Gasteiger partial charge is 0.393 e. The lowest BCUT2D eigenvalue weighted by Gasteiger charge is -2.26. The van der Waals surface area contributed by atoms with Gasteiger partial charge in [0.1, 0.15) is 18.0 Å². The van der Waals surface area contributed by atoms with Gasteiger partial charge >= 0.3 is 0 Å². The lowest BCUT2D eigenvalue weighted by atomic mass is 9.87. The normalized spacial score (nSPS) is 22.3. The predicted molar refractivity (Wildman–Crippen MR) is 86.7 cm³/mol. The van der Waals surface area contributed by atoms with Gasteiger partial charge in [0.05, 0.1) is 6.10 Å². The average molecular weight is 292 g/mol. The van der Waals surface area contributed by atoms with Crippen molar-refractivity contribution >= 4 is 11.6 Å². The Labute approximate surface area is 127 Å². The van der Waals surface area contributed by atoms with Crippen molar-refractivity contribution in [2.75, 3.05) is 23.7 Å². The highest BCUT2D eigenvalue weighted by Crippen LogP contribution is 2.29. The number of aliphatic hydroxyl groups excluding tert-OH is 1. The first-order valence-electron chi connectivity index (χ1n) is 8.12. The third-order valence-corrected chi connectivity index (χ3v) is 4.18. The van der Waals surface area contributed by atoms with Crippen molar-refractivity contribution in [3.63, 3.8) is 0 Å². The Morgan fingerprint density at radius 1 is 1.14 bits per heavy atom. The smallest absolute Gasteiger partial charge is 0.134 e. The molecule has 5 nitrogen and oxygen atoms in total. The molecule has 1 aliphatic rings. The van der Waals surface area contributed by atoms with Crippen molar-refractivity contribution in [1.82, 2.24) is 9.97 Å². The first-order chi connectivity index (χ1) is 10.1. The fourth-order valence-electron chi connectivity index (χ4n) is 2.98. The van der Waals surface area contributed by atoms with Crippen LogP contribution in [-0.2, 0) is 0 Å². The molecule has 0 saturated heterocycles. The van der Waals surface area contributed by atoms with Crippen molar-refractivity contribution < 1.29 is 5.11 Å². The lowest BCUT2D eigenvalue weighted by molar-refractivity contribution is 0.111. The van der Waals surface area contributed by atoms with Gasteiger partial charge < -0.3 is 15.7 Å². The first-order valence-corrected chi connectivity index (χ1v) is 8.12. The van der Waals surface area contributed by atoms with Crippen LogP contribution in [0.4, 0.5) is 11.6 Å².